The molecule has 4 aliphatic rings. The lowest BCUT2D eigenvalue weighted by molar-refractivity contribution is -0.0503. The molecule has 4 fully saturated rings. The van der Waals surface area contributed by atoms with Crippen LogP contribution in [0.1, 0.15) is 48.9 Å². The van der Waals surface area contributed by atoms with E-state index in [0.29, 0.717) is 10.0 Å². The lowest BCUT2D eigenvalue weighted by atomic mass is 9.49. The summed E-state index contributed by atoms with van der Waals surface area (Å²) < 4.78 is 0.714. The number of nitrogens with one attached hydrogen (secondary N) is 1. The van der Waals surface area contributed by atoms with Crippen molar-refractivity contribution in [3.8, 4) is 0 Å². The van der Waals surface area contributed by atoms with Gasteiger partial charge in [-0.3, -0.25) is 4.79 Å². The molecule has 0 spiro atoms. The van der Waals surface area contributed by atoms with Gasteiger partial charge in [-0.1, -0.05) is 18.2 Å². The second kappa shape index (κ2) is 5.80. The number of hydrogen-bond acceptors (Lipinski definition) is 2. The van der Waals surface area contributed by atoms with Crippen LogP contribution in [0, 0.1) is 23.2 Å². The molecule has 0 atom stereocenters. The molecular weight excluding hydrogens is 376 g/mol. The van der Waals surface area contributed by atoms with Crippen molar-refractivity contribution in [3.63, 3.8) is 0 Å². The summed E-state index contributed by atoms with van der Waals surface area (Å²) in [5.74, 6) is 2.78. The van der Waals surface area contributed by atoms with Gasteiger partial charge in [-0.2, -0.15) is 0 Å². The maximum absolute atomic E-state index is 12.9. The summed E-state index contributed by atoms with van der Waals surface area (Å²) in [5.41, 5.74) is 1.95. The van der Waals surface area contributed by atoms with Gasteiger partial charge in [0.15, 0.2) is 0 Å². The molecule has 1 N–H and O–H groups in total. The molecule has 0 aliphatic heterocycles. The van der Waals surface area contributed by atoms with Gasteiger partial charge < -0.3 is 5.32 Å². The second-order valence-corrected chi connectivity index (χ2v) is 9.42. The predicted octanol–water partition coefficient (Wildman–Crippen LogP) is 4.94. The average Bonchev–Trinajstić information content (AvgIpc) is 2.58. The molecule has 1 amide bonds. The number of nitrogens with zero attached hydrogens (tertiary/aromatic N) is 1. The number of fused-ring (bicyclic) bond motifs is 1. The predicted molar refractivity (Wildman–Crippen MR) is 102 cm³/mol. The van der Waals surface area contributed by atoms with Crippen LogP contribution in [0.5, 0.6) is 0 Å². The van der Waals surface area contributed by atoms with E-state index in [1.807, 2.05) is 30.3 Å². The maximum atomic E-state index is 12.9. The number of carbonyl (C=O) groups excluding carboxylic acids is 1. The van der Waals surface area contributed by atoms with E-state index in [9.17, 15) is 4.79 Å². The third-order valence-corrected chi connectivity index (χ3v) is 7.12. The Kier molecular flexibility index (Phi) is 3.67. The first-order valence-corrected chi connectivity index (χ1v) is 10.2. The van der Waals surface area contributed by atoms with Gasteiger partial charge in [0.2, 0.25) is 0 Å². The fraction of sp³-hybridized carbons (Fsp3) is 0.524. The van der Waals surface area contributed by atoms with Crippen LogP contribution in [-0.4, -0.2) is 17.4 Å². The van der Waals surface area contributed by atoms with Crippen molar-refractivity contribution >= 4 is 32.7 Å². The molecule has 6 rings (SSSR count). The summed E-state index contributed by atoms with van der Waals surface area (Å²) in [6.07, 6.45) is 8.28. The Morgan fingerprint density at radius 1 is 1.12 bits per heavy atom. The Morgan fingerprint density at radius 3 is 2.44 bits per heavy atom. The molecule has 0 saturated heterocycles. The highest BCUT2D eigenvalue weighted by atomic mass is 79.9. The van der Waals surface area contributed by atoms with E-state index in [2.05, 4.69) is 26.2 Å². The zero-order valence-electron chi connectivity index (χ0n) is 14.3. The number of hydrogen-bond donors (Lipinski definition) is 1. The van der Waals surface area contributed by atoms with Gasteiger partial charge in [-0.05, 0) is 89.8 Å². The molecule has 1 aromatic carbocycles. The van der Waals surface area contributed by atoms with Crippen LogP contribution in [0.25, 0.3) is 10.9 Å². The number of pyridine rings is 1. The Bertz CT molecular complexity index is 812. The van der Waals surface area contributed by atoms with Crippen molar-refractivity contribution in [2.24, 2.45) is 23.2 Å². The topological polar surface area (TPSA) is 42.0 Å². The molecule has 130 valence electrons. The largest absolute Gasteiger partial charge is 0.351 e. The van der Waals surface area contributed by atoms with Gasteiger partial charge in [0.1, 0.15) is 4.60 Å². The lowest BCUT2D eigenvalue weighted by Gasteiger charge is -2.56. The second-order valence-electron chi connectivity index (χ2n) is 8.61. The van der Waals surface area contributed by atoms with Crippen LogP contribution in [0.3, 0.4) is 0 Å². The van der Waals surface area contributed by atoms with Gasteiger partial charge in [0.25, 0.3) is 5.91 Å². The standard InChI is InChI=1S/C21H23BrN2O/c22-19-8-17(16-3-1-2-4-18(16)24-19)20(25)23-12-21-9-13-5-14(10-21)7-15(6-13)11-21/h1-4,8,13-15H,5-7,9-12H2,(H,23,25). The van der Waals surface area contributed by atoms with Gasteiger partial charge >= 0.3 is 0 Å². The third-order valence-electron chi connectivity index (χ3n) is 6.72. The van der Waals surface area contributed by atoms with Crippen molar-refractivity contribution < 1.29 is 4.79 Å². The Hall–Kier alpha value is -1.42. The van der Waals surface area contributed by atoms with E-state index < -0.39 is 0 Å². The number of benzene rings is 1. The summed E-state index contributed by atoms with van der Waals surface area (Å²) >= 11 is 3.44. The third kappa shape index (κ3) is 2.79. The molecule has 4 heteroatoms. The molecule has 3 nitrogen and oxygen atoms in total. The first-order chi connectivity index (χ1) is 12.1. The molecule has 1 aromatic heterocycles. The molecule has 4 aliphatic carbocycles. The Morgan fingerprint density at radius 2 is 1.76 bits per heavy atom. The molecule has 0 unspecified atom stereocenters. The SMILES string of the molecule is O=C(NCC12CC3CC(CC(C3)C1)C2)c1cc(Br)nc2ccccc12. The van der Waals surface area contributed by atoms with Crippen molar-refractivity contribution in [1.29, 1.82) is 0 Å². The number of halogens is 1. The smallest absolute Gasteiger partial charge is 0.252 e. The molecule has 0 radical (unpaired) electrons. The fourth-order valence-electron chi connectivity index (χ4n) is 6.20. The van der Waals surface area contributed by atoms with Crippen molar-refractivity contribution in [2.75, 3.05) is 6.54 Å². The zero-order chi connectivity index (χ0) is 17.0. The van der Waals surface area contributed by atoms with Crippen LogP contribution in [0.4, 0.5) is 0 Å². The minimum atomic E-state index is 0.0371. The first kappa shape index (κ1) is 15.8. The summed E-state index contributed by atoms with van der Waals surface area (Å²) in [7, 11) is 0. The summed E-state index contributed by atoms with van der Waals surface area (Å²) in [6, 6.07) is 9.70. The molecule has 4 bridgehead atoms. The normalized spacial score (nSPS) is 32.9. The highest BCUT2D eigenvalue weighted by Crippen LogP contribution is 2.59. The number of rotatable bonds is 3. The summed E-state index contributed by atoms with van der Waals surface area (Å²) in [4.78, 5) is 17.4. The van der Waals surface area contributed by atoms with E-state index in [-0.39, 0.29) is 5.91 Å². The summed E-state index contributed by atoms with van der Waals surface area (Å²) in [6.45, 7) is 0.837. The number of aromatic nitrogens is 1. The number of carbonyl (C=O) groups is 1. The molecule has 1 heterocycles. The number of amides is 1. The van der Waals surface area contributed by atoms with E-state index in [1.54, 1.807) is 0 Å². The van der Waals surface area contributed by atoms with Gasteiger partial charge in [-0.15, -0.1) is 0 Å². The van der Waals surface area contributed by atoms with Crippen molar-refractivity contribution in [3.05, 3.63) is 40.5 Å². The van der Waals surface area contributed by atoms with Crippen LogP contribution in [0.2, 0.25) is 0 Å². The molecule has 25 heavy (non-hydrogen) atoms. The van der Waals surface area contributed by atoms with E-state index in [4.69, 9.17) is 0 Å². The monoisotopic (exact) mass is 398 g/mol. The zero-order valence-corrected chi connectivity index (χ0v) is 15.9. The number of para-hydroxylation sites is 1. The van der Waals surface area contributed by atoms with E-state index in [1.165, 1.54) is 38.5 Å². The van der Waals surface area contributed by atoms with Crippen molar-refractivity contribution in [1.82, 2.24) is 10.3 Å². The molecule has 4 saturated carbocycles. The van der Waals surface area contributed by atoms with Gasteiger partial charge in [0.05, 0.1) is 11.1 Å². The summed E-state index contributed by atoms with van der Waals surface area (Å²) in [5, 5.41) is 4.21. The Balaban J connectivity index is 1.38. The fourth-order valence-corrected chi connectivity index (χ4v) is 6.62. The first-order valence-electron chi connectivity index (χ1n) is 9.44. The van der Waals surface area contributed by atoms with E-state index >= 15 is 0 Å². The highest BCUT2D eigenvalue weighted by Gasteiger charge is 2.50. The van der Waals surface area contributed by atoms with Gasteiger partial charge in [0, 0.05) is 11.9 Å². The lowest BCUT2D eigenvalue weighted by Crippen LogP contribution is -2.51. The molecule has 2 aromatic rings. The van der Waals surface area contributed by atoms with E-state index in [0.717, 1.165) is 40.8 Å². The van der Waals surface area contributed by atoms with Crippen LogP contribution in [0.15, 0.2) is 34.9 Å². The van der Waals surface area contributed by atoms with Crippen LogP contribution < -0.4 is 5.32 Å². The minimum absolute atomic E-state index is 0.0371. The van der Waals surface area contributed by atoms with Gasteiger partial charge in [-0.25, -0.2) is 4.98 Å². The quantitative estimate of drug-likeness (QED) is 0.743. The maximum Gasteiger partial charge on any atom is 0.252 e. The Labute approximate surface area is 156 Å². The van der Waals surface area contributed by atoms with Crippen molar-refractivity contribution in [2.45, 2.75) is 38.5 Å². The highest BCUT2D eigenvalue weighted by molar-refractivity contribution is 9.10. The average molecular weight is 399 g/mol. The van der Waals surface area contributed by atoms with Crippen LogP contribution >= 0.6 is 15.9 Å². The van der Waals surface area contributed by atoms with Crippen LogP contribution in [-0.2, 0) is 0 Å². The molecular formula is C21H23BrN2O. The minimum Gasteiger partial charge on any atom is -0.351 e.